The molecule has 5 heteroatoms. The molecule has 0 unspecified atom stereocenters. The number of hydrogen-bond donors (Lipinski definition) is 2. The summed E-state index contributed by atoms with van der Waals surface area (Å²) in [5.41, 5.74) is 3.69. The summed E-state index contributed by atoms with van der Waals surface area (Å²) in [7, 11) is 1.67. The molecule has 0 aliphatic carbocycles. The summed E-state index contributed by atoms with van der Waals surface area (Å²) in [6.45, 7) is 4.27. The summed E-state index contributed by atoms with van der Waals surface area (Å²) < 4.78 is 12.0. The number of ether oxygens (including phenoxy) is 2. The quantitative estimate of drug-likeness (QED) is 0.538. The van der Waals surface area contributed by atoms with E-state index in [1.165, 1.54) is 16.5 Å². The molecule has 0 atom stereocenters. The SMILES string of the molecule is CCOc1c(Br)cc(CNCCc2c[nH]c3ccccc23)cc1OC. The van der Waals surface area contributed by atoms with E-state index in [0.29, 0.717) is 6.61 Å². The summed E-state index contributed by atoms with van der Waals surface area (Å²) in [6, 6.07) is 12.5. The van der Waals surface area contributed by atoms with Gasteiger partial charge in [0.25, 0.3) is 0 Å². The monoisotopic (exact) mass is 402 g/mol. The highest BCUT2D eigenvalue weighted by Crippen LogP contribution is 2.36. The first-order valence-electron chi connectivity index (χ1n) is 8.47. The van der Waals surface area contributed by atoms with E-state index in [1.807, 2.05) is 13.0 Å². The van der Waals surface area contributed by atoms with Crippen LogP contribution in [0.25, 0.3) is 10.9 Å². The summed E-state index contributed by atoms with van der Waals surface area (Å²) >= 11 is 3.57. The Bertz CT molecular complexity index is 845. The normalized spacial score (nSPS) is 11.0. The molecular formula is C20H23BrN2O2. The topological polar surface area (TPSA) is 46.3 Å². The average molecular weight is 403 g/mol. The molecule has 0 bridgehead atoms. The molecule has 1 aromatic heterocycles. The lowest BCUT2D eigenvalue weighted by atomic mass is 10.1. The Morgan fingerprint density at radius 3 is 2.84 bits per heavy atom. The van der Waals surface area contributed by atoms with E-state index in [9.17, 15) is 0 Å². The van der Waals surface area contributed by atoms with Crippen LogP contribution in [-0.2, 0) is 13.0 Å². The highest BCUT2D eigenvalue weighted by molar-refractivity contribution is 9.10. The van der Waals surface area contributed by atoms with Crippen molar-refractivity contribution in [2.75, 3.05) is 20.3 Å². The fourth-order valence-corrected chi connectivity index (χ4v) is 3.56. The Balaban J connectivity index is 1.59. The van der Waals surface area contributed by atoms with Crippen molar-refractivity contribution in [3.8, 4) is 11.5 Å². The third kappa shape index (κ3) is 4.17. The fourth-order valence-electron chi connectivity index (χ4n) is 2.95. The van der Waals surface area contributed by atoms with Crippen molar-refractivity contribution in [1.82, 2.24) is 10.3 Å². The van der Waals surface area contributed by atoms with Crippen LogP contribution in [0.1, 0.15) is 18.1 Å². The van der Waals surface area contributed by atoms with Gasteiger partial charge in [-0.2, -0.15) is 0 Å². The molecule has 0 spiro atoms. The minimum absolute atomic E-state index is 0.608. The molecule has 0 aliphatic rings. The van der Waals surface area contributed by atoms with Crippen molar-refractivity contribution < 1.29 is 9.47 Å². The maximum Gasteiger partial charge on any atom is 0.175 e. The first-order chi connectivity index (χ1) is 12.2. The van der Waals surface area contributed by atoms with Crippen LogP contribution in [0.5, 0.6) is 11.5 Å². The Morgan fingerprint density at radius 1 is 1.20 bits per heavy atom. The lowest BCUT2D eigenvalue weighted by Crippen LogP contribution is -2.16. The lowest BCUT2D eigenvalue weighted by Gasteiger charge is -2.13. The van der Waals surface area contributed by atoms with Gasteiger partial charge < -0.3 is 19.8 Å². The van der Waals surface area contributed by atoms with Gasteiger partial charge in [0.2, 0.25) is 0 Å². The summed E-state index contributed by atoms with van der Waals surface area (Å²) in [4.78, 5) is 3.32. The fraction of sp³-hybridized carbons (Fsp3) is 0.300. The Hall–Kier alpha value is -1.98. The number of para-hydroxylation sites is 1. The Kier molecular flexibility index (Phi) is 6.00. The van der Waals surface area contributed by atoms with Gasteiger partial charge >= 0.3 is 0 Å². The van der Waals surface area contributed by atoms with Gasteiger partial charge in [0.1, 0.15) is 0 Å². The van der Waals surface area contributed by atoms with Crippen LogP contribution < -0.4 is 14.8 Å². The molecule has 1 heterocycles. The summed E-state index contributed by atoms with van der Waals surface area (Å²) in [5, 5.41) is 4.80. The van der Waals surface area contributed by atoms with Gasteiger partial charge in [0.05, 0.1) is 18.2 Å². The zero-order valence-electron chi connectivity index (χ0n) is 14.6. The van der Waals surface area contributed by atoms with Crippen LogP contribution in [-0.4, -0.2) is 25.2 Å². The molecule has 0 saturated heterocycles. The lowest BCUT2D eigenvalue weighted by molar-refractivity contribution is 0.308. The maximum absolute atomic E-state index is 5.63. The second-order valence-corrected chi connectivity index (χ2v) is 6.68. The first-order valence-corrected chi connectivity index (χ1v) is 9.27. The molecule has 0 amide bonds. The predicted molar refractivity (Wildman–Crippen MR) is 106 cm³/mol. The van der Waals surface area contributed by atoms with Crippen molar-refractivity contribution >= 4 is 26.8 Å². The minimum atomic E-state index is 0.608. The first kappa shape index (κ1) is 17.8. The maximum atomic E-state index is 5.63. The molecule has 0 radical (unpaired) electrons. The number of H-pyrrole nitrogens is 1. The number of aromatic nitrogens is 1. The van der Waals surface area contributed by atoms with Gasteiger partial charge in [-0.1, -0.05) is 18.2 Å². The van der Waals surface area contributed by atoms with Crippen molar-refractivity contribution in [2.24, 2.45) is 0 Å². The van der Waals surface area contributed by atoms with Crippen LogP contribution in [0, 0.1) is 0 Å². The van der Waals surface area contributed by atoms with Crippen molar-refractivity contribution in [3.63, 3.8) is 0 Å². The Labute approximate surface area is 156 Å². The number of benzene rings is 2. The molecule has 2 N–H and O–H groups in total. The van der Waals surface area contributed by atoms with Gasteiger partial charge in [-0.3, -0.25) is 0 Å². The second kappa shape index (κ2) is 8.41. The molecule has 0 fully saturated rings. The molecule has 4 nitrogen and oxygen atoms in total. The van der Waals surface area contributed by atoms with E-state index >= 15 is 0 Å². The van der Waals surface area contributed by atoms with Crippen molar-refractivity contribution in [3.05, 3.63) is 58.2 Å². The Morgan fingerprint density at radius 2 is 2.04 bits per heavy atom. The van der Waals surface area contributed by atoms with Gasteiger partial charge in [-0.05, 0) is 65.1 Å². The molecule has 132 valence electrons. The summed E-state index contributed by atoms with van der Waals surface area (Å²) in [6.07, 6.45) is 3.09. The van der Waals surface area contributed by atoms with Gasteiger partial charge in [-0.15, -0.1) is 0 Å². The number of methoxy groups -OCH3 is 1. The molecule has 0 saturated carbocycles. The smallest absolute Gasteiger partial charge is 0.175 e. The number of hydrogen-bond acceptors (Lipinski definition) is 3. The minimum Gasteiger partial charge on any atom is -0.493 e. The number of nitrogens with one attached hydrogen (secondary N) is 2. The molecular weight excluding hydrogens is 380 g/mol. The van der Waals surface area contributed by atoms with Crippen LogP contribution in [0.4, 0.5) is 0 Å². The van der Waals surface area contributed by atoms with Gasteiger partial charge in [0.15, 0.2) is 11.5 Å². The standard InChI is InChI=1S/C20H23BrN2O2/c1-3-25-20-17(21)10-14(11-19(20)24-2)12-22-9-8-15-13-23-18-7-5-4-6-16(15)18/h4-7,10-11,13,22-23H,3,8-9,12H2,1-2H3. The van der Waals surface area contributed by atoms with Gasteiger partial charge in [0, 0.05) is 23.6 Å². The van der Waals surface area contributed by atoms with Crippen molar-refractivity contribution in [1.29, 1.82) is 0 Å². The number of halogens is 1. The molecule has 3 rings (SSSR count). The number of fused-ring (bicyclic) bond motifs is 1. The van der Waals surface area contributed by atoms with E-state index < -0.39 is 0 Å². The van der Waals surface area contributed by atoms with Crippen molar-refractivity contribution in [2.45, 2.75) is 19.9 Å². The van der Waals surface area contributed by atoms with Crippen LogP contribution in [0.2, 0.25) is 0 Å². The zero-order valence-corrected chi connectivity index (χ0v) is 16.2. The highest BCUT2D eigenvalue weighted by Gasteiger charge is 2.11. The molecule has 0 aliphatic heterocycles. The molecule has 25 heavy (non-hydrogen) atoms. The predicted octanol–water partition coefficient (Wildman–Crippen LogP) is 4.67. The van der Waals surface area contributed by atoms with Gasteiger partial charge in [-0.25, -0.2) is 0 Å². The summed E-state index contributed by atoms with van der Waals surface area (Å²) in [5.74, 6) is 1.51. The zero-order chi connectivity index (χ0) is 17.6. The van der Waals surface area contributed by atoms with E-state index in [0.717, 1.165) is 41.0 Å². The van der Waals surface area contributed by atoms with E-state index in [-0.39, 0.29) is 0 Å². The van der Waals surface area contributed by atoms with E-state index in [4.69, 9.17) is 9.47 Å². The van der Waals surface area contributed by atoms with Crippen LogP contribution in [0.15, 0.2) is 47.1 Å². The number of rotatable bonds is 8. The second-order valence-electron chi connectivity index (χ2n) is 5.83. The third-order valence-electron chi connectivity index (χ3n) is 4.15. The number of aromatic amines is 1. The van der Waals surface area contributed by atoms with Crippen LogP contribution in [0.3, 0.4) is 0 Å². The van der Waals surface area contributed by atoms with E-state index in [2.05, 4.69) is 62.8 Å². The van der Waals surface area contributed by atoms with Crippen LogP contribution >= 0.6 is 15.9 Å². The molecule has 3 aromatic rings. The molecule has 2 aromatic carbocycles. The van der Waals surface area contributed by atoms with E-state index in [1.54, 1.807) is 7.11 Å². The largest absolute Gasteiger partial charge is 0.493 e. The highest BCUT2D eigenvalue weighted by atomic mass is 79.9. The third-order valence-corrected chi connectivity index (χ3v) is 4.74. The average Bonchev–Trinajstić information content (AvgIpc) is 3.04.